The third-order valence-corrected chi connectivity index (χ3v) is 5.53. The Morgan fingerprint density at radius 3 is 2.90 bits per heavy atom. The van der Waals surface area contributed by atoms with E-state index in [0.717, 1.165) is 18.0 Å². The number of fused-ring (bicyclic) bond motifs is 1. The van der Waals surface area contributed by atoms with Crippen LogP contribution in [0.15, 0.2) is 12.3 Å². The summed E-state index contributed by atoms with van der Waals surface area (Å²) in [7, 11) is 3.72. The molecule has 1 atom stereocenters. The van der Waals surface area contributed by atoms with Gasteiger partial charge in [-0.3, -0.25) is 4.68 Å². The zero-order chi connectivity index (χ0) is 14.8. The minimum absolute atomic E-state index is 0.151. The van der Waals surface area contributed by atoms with Gasteiger partial charge in [0.2, 0.25) is 0 Å². The summed E-state index contributed by atoms with van der Waals surface area (Å²) in [6.45, 7) is 2.96. The molecule has 0 saturated heterocycles. The van der Waals surface area contributed by atoms with Crippen LogP contribution >= 0.6 is 11.3 Å². The lowest BCUT2D eigenvalue weighted by atomic mass is 9.98. The molecule has 4 nitrogen and oxygen atoms in total. The Bertz CT molecular complexity index is 572. The van der Waals surface area contributed by atoms with Gasteiger partial charge < -0.3 is 10.1 Å². The number of thiophene rings is 1. The molecule has 0 saturated carbocycles. The van der Waals surface area contributed by atoms with E-state index < -0.39 is 0 Å². The van der Waals surface area contributed by atoms with Crippen molar-refractivity contribution in [2.24, 2.45) is 0 Å². The van der Waals surface area contributed by atoms with E-state index in [-0.39, 0.29) is 6.04 Å². The Morgan fingerprint density at radius 2 is 2.24 bits per heavy atom. The van der Waals surface area contributed by atoms with Gasteiger partial charge in [0.15, 0.2) is 5.75 Å². The van der Waals surface area contributed by atoms with E-state index in [4.69, 9.17) is 4.74 Å². The summed E-state index contributed by atoms with van der Waals surface area (Å²) in [6.07, 6.45) is 6.93. The summed E-state index contributed by atoms with van der Waals surface area (Å²) in [5, 5.41) is 7.89. The minimum atomic E-state index is 0.151. The molecular formula is C16H23N3OS. The Morgan fingerprint density at radius 1 is 1.43 bits per heavy atom. The first-order chi connectivity index (χ1) is 10.3. The molecule has 0 radical (unpaired) electrons. The molecule has 0 aliphatic heterocycles. The van der Waals surface area contributed by atoms with E-state index in [1.54, 1.807) is 17.6 Å². The molecule has 2 heterocycles. The molecule has 2 aromatic heterocycles. The average molecular weight is 305 g/mol. The van der Waals surface area contributed by atoms with Gasteiger partial charge in [0.1, 0.15) is 5.69 Å². The summed E-state index contributed by atoms with van der Waals surface area (Å²) in [6, 6.07) is 2.53. The van der Waals surface area contributed by atoms with Crippen molar-refractivity contribution in [2.45, 2.75) is 45.2 Å². The Balaban J connectivity index is 2.02. The molecule has 1 unspecified atom stereocenters. The largest absolute Gasteiger partial charge is 0.493 e. The fourth-order valence-electron chi connectivity index (χ4n) is 3.15. The third kappa shape index (κ3) is 2.60. The van der Waals surface area contributed by atoms with Crippen LogP contribution in [0.5, 0.6) is 5.75 Å². The standard InChI is InChI=1S/C16H23N3OS/c1-4-19-16(12(20-3)10-18-19)15(17-2)14-9-11-7-5-6-8-13(11)21-14/h9-10,15,17H,4-8H2,1-3H3. The lowest BCUT2D eigenvalue weighted by Gasteiger charge is -2.17. The zero-order valence-electron chi connectivity index (χ0n) is 13.0. The number of aryl methyl sites for hydroxylation is 3. The van der Waals surface area contributed by atoms with E-state index in [9.17, 15) is 0 Å². The number of methoxy groups -OCH3 is 1. The molecule has 5 heteroatoms. The number of nitrogens with zero attached hydrogens (tertiary/aromatic N) is 2. The van der Waals surface area contributed by atoms with E-state index >= 15 is 0 Å². The second kappa shape index (κ2) is 6.20. The molecule has 1 aliphatic rings. The van der Waals surface area contributed by atoms with Crippen LogP contribution in [0.3, 0.4) is 0 Å². The number of rotatable bonds is 5. The zero-order valence-corrected chi connectivity index (χ0v) is 13.8. The maximum Gasteiger partial charge on any atom is 0.161 e. The van der Waals surface area contributed by atoms with Crippen molar-refractivity contribution in [2.75, 3.05) is 14.2 Å². The smallest absolute Gasteiger partial charge is 0.161 e. The molecule has 1 N–H and O–H groups in total. The Hall–Kier alpha value is -1.33. The van der Waals surface area contributed by atoms with Crippen LogP contribution in [0.1, 0.15) is 46.8 Å². The predicted octanol–water partition coefficient (Wildman–Crippen LogP) is 3.16. The summed E-state index contributed by atoms with van der Waals surface area (Å²) in [4.78, 5) is 2.94. The number of hydrogen-bond donors (Lipinski definition) is 1. The van der Waals surface area contributed by atoms with Crippen molar-refractivity contribution in [3.05, 3.63) is 33.3 Å². The number of nitrogens with one attached hydrogen (secondary N) is 1. The van der Waals surface area contributed by atoms with Crippen LogP contribution in [0, 0.1) is 0 Å². The normalized spacial score (nSPS) is 15.8. The van der Waals surface area contributed by atoms with Gasteiger partial charge in [-0.05, 0) is 51.3 Å². The van der Waals surface area contributed by atoms with E-state index in [1.165, 1.54) is 30.6 Å². The second-order valence-electron chi connectivity index (χ2n) is 5.44. The van der Waals surface area contributed by atoms with Crippen molar-refractivity contribution in [1.82, 2.24) is 15.1 Å². The molecule has 0 amide bonds. The first-order valence-corrected chi connectivity index (χ1v) is 8.48. The maximum atomic E-state index is 5.52. The lowest BCUT2D eigenvalue weighted by molar-refractivity contribution is 0.401. The first kappa shape index (κ1) is 14.6. The summed E-state index contributed by atoms with van der Waals surface area (Å²) < 4.78 is 7.54. The van der Waals surface area contributed by atoms with Gasteiger partial charge in [0.25, 0.3) is 0 Å². The molecule has 0 fully saturated rings. The van der Waals surface area contributed by atoms with Crippen LogP contribution in [-0.4, -0.2) is 23.9 Å². The van der Waals surface area contributed by atoms with Crippen molar-refractivity contribution >= 4 is 11.3 Å². The van der Waals surface area contributed by atoms with Crippen LogP contribution in [0.25, 0.3) is 0 Å². The molecular weight excluding hydrogens is 282 g/mol. The van der Waals surface area contributed by atoms with Gasteiger partial charge in [-0.1, -0.05) is 0 Å². The van der Waals surface area contributed by atoms with Crippen molar-refractivity contribution in [1.29, 1.82) is 0 Å². The maximum absolute atomic E-state index is 5.52. The number of aromatic nitrogens is 2. The molecule has 114 valence electrons. The highest BCUT2D eigenvalue weighted by Crippen LogP contribution is 2.37. The minimum Gasteiger partial charge on any atom is -0.493 e. The molecule has 3 rings (SSSR count). The van der Waals surface area contributed by atoms with Crippen LogP contribution in [-0.2, 0) is 19.4 Å². The number of hydrogen-bond acceptors (Lipinski definition) is 4. The third-order valence-electron chi connectivity index (χ3n) is 4.23. The lowest BCUT2D eigenvalue weighted by Crippen LogP contribution is -2.21. The van der Waals surface area contributed by atoms with Crippen LogP contribution in [0.4, 0.5) is 0 Å². The van der Waals surface area contributed by atoms with Crippen molar-refractivity contribution in [3.8, 4) is 5.75 Å². The average Bonchev–Trinajstić information content (AvgIpc) is 3.11. The van der Waals surface area contributed by atoms with E-state index in [0.29, 0.717) is 0 Å². The van der Waals surface area contributed by atoms with Gasteiger partial charge in [0.05, 0.1) is 19.3 Å². The summed E-state index contributed by atoms with van der Waals surface area (Å²) >= 11 is 1.95. The van der Waals surface area contributed by atoms with Gasteiger partial charge in [-0.15, -0.1) is 11.3 Å². The topological polar surface area (TPSA) is 39.1 Å². The summed E-state index contributed by atoms with van der Waals surface area (Å²) in [5.41, 5.74) is 2.67. The SMILES string of the molecule is CCn1ncc(OC)c1C(NC)c1cc2c(s1)CCCC2. The van der Waals surface area contributed by atoms with E-state index in [1.807, 2.05) is 29.3 Å². The molecule has 0 spiro atoms. The van der Waals surface area contributed by atoms with Crippen LogP contribution in [0.2, 0.25) is 0 Å². The Labute approximate surface area is 130 Å². The molecule has 0 bridgehead atoms. The van der Waals surface area contributed by atoms with Crippen molar-refractivity contribution < 1.29 is 4.74 Å². The highest BCUT2D eigenvalue weighted by Gasteiger charge is 2.25. The summed E-state index contributed by atoms with van der Waals surface area (Å²) in [5.74, 6) is 0.863. The fourth-order valence-corrected chi connectivity index (χ4v) is 4.52. The van der Waals surface area contributed by atoms with Crippen LogP contribution < -0.4 is 10.1 Å². The first-order valence-electron chi connectivity index (χ1n) is 7.66. The highest BCUT2D eigenvalue weighted by molar-refractivity contribution is 7.12. The van der Waals surface area contributed by atoms with E-state index in [2.05, 4.69) is 23.4 Å². The van der Waals surface area contributed by atoms with Gasteiger partial charge in [-0.25, -0.2) is 0 Å². The molecule has 2 aromatic rings. The Kier molecular flexibility index (Phi) is 4.31. The molecule has 0 aromatic carbocycles. The molecule has 1 aliphatic carbocycles. The fraction of sp³-hybridized carbons (Fsp3) is 0.562. The van der Waals surface area contributed by atoms with Gasteiger partial charge in [0, 0.05) is 16.3 Å². The van der Waals surface area contributed by atoms with Gasteiger partial charge >= 0.3 is 0 Å². The van der Waals surface area contributed by atoms with Crippen molar-refractivity contribution in [3.63, 3.8) is 0 Å². The quantitative estimate of drug-likeness (QED) is 0.922. The predicted molar refractivity (Wildman–Crippen MR) is 86.3 cm³/mol. The van der Waals surface area contributed by atoms with Gasteiger partial charge in [-0.2, -0.15) is 5.10 Å². The number of ether oxygens (including phenoxy) is 1. The monoisotopic (exact) mass is 305 g/mol. The molecule has 21 heavy (non-hydrogen) atoms. The second-order valence-corrected chi connectivity index (χ2v) is 6.61. The highest BCUT2D eigenvalue weighted by atomic mass is 32.1.